The van der Waals surface area contributed by atoms with Gasteiger partial charge in [-0.15, -0.1) is 0 Å². The van der Waals surface area contributed by atoms with Crippen molar-refractivity contribution >= 4 is 0 Å². The lowest BCUT2D eigenvalue weighted by Gasteiger charge is -2.25. The molecule has 1 unspecified atom stereocenters. The number of benzene rings is 1. The van der Waals surface area contributed by atoms with Gasteiger partial charge in [0.15, 0.2) is 0 Å². The van der Waals surface area contributed by atoms with Gasteiger partial charge in [-0.1, -0.05) is 24.3 Å². The van der Waals surface area contributed by atoms with Crippen molar-refractivity contribution in [2.75, 3.05) is 0 Å². The van der Waals surface area contributed by atoms with Gasteiger partial charge in [0.05, 0.1) is 17.7 Å². The highest BCUT2D eigenvalue weighted by atomic mass is 16.4. The van der Waals surface area contributed by atoms with E-state index < -0.39 is 11.5 Å². The van der Waals surface area contributed by atoms with E-state index in [1.165, 1.54) is 0 Å². The van der Waals surface area contributed by atoms with Crippen LogP contribution in [0.4, 0.5) is 0 Å². The Hall–Kier alpha value is -2.05. The second kappa shape index (κ2) is 4.25. The zero-order valence-electron chi connectivity index (χ0n) is 10.8. The smallest absolute Gasteiger partial charge is 0.136 e. The number of aryl methyl sites for hydroxylation is 1. The van der Waals surface area contributed by atoms with Gasteiger partial charge in [-0.05, 0) is 42.5 Å². The SMILES string of the molecule is Cc1ccoc1C(O)C1(C#N)Cc2ccccc2C1. The van der Waals surface area contributed by atoms with E-state index in [9.17, 15) is 10.4 Å². The van der Waals surface area contributed by atoms with Crippen LogP contribution in [0, 0.1) is 23.7 Å². The summed E-state index contributed by atoms with van der Waals surface area (Å²) in [7, 11) is 0. The van der Waals surface area contributed by atoms with Crippen LogP contribution in [0.15, 0.2) is 41.0 Å². The lowest BCUT2D eigenvalue weighted by Crippen LogP contribution is -2.28. The number of hydrogen-bond donors (Lipinski definition) is 1. The largest absolute Gasteiger partial charge is 0.466 e. The molecule has 1 aromatic carbocycles. The maximum Gasteiger partial charge on any atom is 0.136 e. The van der Waals surface area contributed by atoms with Crippen LogP contribution in [0.25, 0.3) is 0 Å². The number of nitriles is 1. The normalized spacial score (nSPS) is 17.7. The van der Waals surface area contributed by atoms with Crippen LogP contribution in [0.2, 0.25) is 0 Å². The molecule has 0 bridgehead atoms. The van der Waals surface area contributed by atoms with Crippen LogP contribution in [0.1, 0.15) is 28.6 Å². The molecule has 3 nitrogen and oxygen atoms in total. The molecule has 1 aliphatic carbocycles. The number of rotatable bonds is 2. The number of aliphatic hydroxyl groups is 1. The van der Waals surface area contributed by atoms with E-state index in [1.807, 2.05) is 37.3 Å². The minimum Gasteiger partial charge on any atom is -0.466 e. The third-order valence-corrected chi connectivity index (χ3v) is 4.03. The zero-order chi connectivity index (χ0) is 13.5. The first-order valence-electron chi connectivity index (χ1n) is 6.36. The summed E-state index contributed by atoms with van der Waals surface area (Å²) in [4.78, 5) is 0. The Bertz CT molecular complexity index is 626. The van der Waals surface area contributed by atoms with Crippen LogP contribution in [-0.2, 0) is 12.8 Å². The van der Waals surface area contributed by atoms with Gasteiger partial charge in [-0.2, -0.15) is 5.26 Å². The number of fused-ring (bicyclic) bond motifs is 1. The van der Waals surface area contributed by atoms with Crippen LogP contribution in [0.3, 0.4) is 0 Å². The molecule has 1 aliphatic rings. The van der Waals surface area contributed by atoms with Gasteiger partial charge in [0, 0.05) is 0 Å². The summed E-state index contributed by atoms with van der Waals surface area (Å²) >= 11 is 0. The summed E-state index contributed by atoms with van der Waals surface area (Å²) < 4.78 is 5.36. The van der Waals surface area contributed by atoms with Crippen LogP contribution >= 0.6 is 0 Å². The summed E-state index contributed by atoms with van der Waals surface area (Å²) in [6.07, 6.45) is 1.81. The van der Waals surface area contributed by atoms with E-state index in [2.05, 4.69) is 6.07 Å². The molecule has 0 spiro atoms. The minimum absolute atomic E-state index is 0.509. The average Bonchev–Trinajstić information content (AvgIpc) is 3.01. The predicted molar refractivity (Wildman–Crippen MR) is 70.3 cm³/mol. The predicted octanol–water partition coefficient (Wildman–Crippen LogP) is 2.93. The molecular formula is C16H15NO2. The monoisotopic (exact) mass is 253 g/mol. The van der Waals surface area contributed by atoms with E-state index >= 15 is 0 Å². The average molecular weight is 253 g/mol. The summed E-state index contributed by atoms with van der Waals surface area (Å²) in [5.41, 5.74) is 2.37. The molecule has 0 fully saturated rings. The zero-order valence-corrected chi connectivity index (χ0v) is 10.8. The molecule has 0 radical (unpaired) electrons. The lowest BCUT2D eigenvalue weighted by atomic mass is 9.79. The molecule has 3 rings (SSSR count). The fourth-order valence-electron chi connectivity index (χ4n) is 2.89. The van der Waals surface area contributed by atoms with Crippen molar-refractivity contribution in [1.82, 2.24) is 0 Å². The first-order chi connectivity index (χ1) is 9.16. The van der Waals surface area contributed by atoms with Crippen molar-refractivity contribution in [3.05, 3.63) is 59.0 Å². The molecule has 1 atom stereocenters. The lowest BCUT2D eigenvalue weighted by molar-refractivity contribution is 0.0491. The Morgan fingerprint density at radius 3 is 2.37 bits per heavy atom. The van der Waals surface area contributed by atoms with E-state index in [0.29, 0.717) is 18.6 Å². The molecule has 1 aromatic heterocycles. The molecule has 0 saturated carbocycles. The van der Waals surface area contributed by atoms with Gasteiger partial charge in [0.25, 0.3) is 0 Å². The van der Waals surface area contributed by atoms with E-state index in [-0.39, 0.29) is 0 Å². The highest BCUT2D eigenvalue weighted by molar-refractivity contribution is 5.39. The first kappa shape index (κ1) is 12.0. The van der Waals surface area contributed by atoms with Crippen molar-refractivity contribution in [1.29, 1.82) is 5.26 Å². The van der Waals surface area contributed by atoms with Crippen LogP contribution in [-0.4, -0.2) is 5.11 Å². The highest BCUT2D eigenvalue weighted by Gasteiger charge is 2.46. The molecule has 19 heavy (non-hydrogen) atoms. The van der Waals surface area contributed by atoms with Crippen molar-refractivity contribution in [2.24, 2.45) is 5.41 Å². The van der Waals surface area contributed by atoms with Crippen LogP contribution < -0.4 is 0 Å². The minimum atomic E-state index is -0.889. The molecule has 0 aliphatic heterocycles. The molecule has 1 N–H and O–H groups in total. The summed E-state index contributed by atoms with van der Waals surface area (Å²) in [6.45, 7) is 1.88. The Morgan fingerprint density at radius 2 is 1.89 bits per heavy atom. The van der Waals surface area contributed by atoms with Gasteiger partial charge in [0.2, 0.25) is 0 Å². The molecule has 96 valence electrons. The van der Waals surface area contributed by atoms with Gasteiger partial charge in [-0.3, -0.25) is 0 Å². The van der Waals surface area contributed by atoms with Gasteiger partial charge < -0.3 is 9.52 Å². The van der Waals surface area contributed by atoms with Crippen molar-refractivity contribution in [3.63, 3.8) is 0 Å². The molecule has 0 amide bonds. The molecule has 1 heterocycles. The Labute approximate surface area is 112 Å². The highest BCUT2D eigenvalue weighted by Crippen LogP contribution is 2.46. The third-order valence-electron chi connectivity index (χ3n) is 4.03. The number of hydrogen-bond acceptors (Lipinski definition) is 3. The summed E-state index contributed by atoms with van der Waals surface area (Å²) in [5, 5.41) is 20.2. The van der Waals surface area contributed by atoms with Crippen molar-refractivity contribution in [2.45, 2.75) is 25.9 Å². The number of aliphatic hydroxyl groups excluding tert-OH is 1. The summed E-state index contributed by atoms with van der Waals surface area (Å²) in [5.74, 6) is 0.509. The standard InChI is InChI=1S/C16H15NO2/c1-11-6-7-19-14(11)15(18)16(10-17)8-12-4-2-3-5-13(12)9-16/h2-7,15,18H,8-9H2,1H3. The third kappa shape index (κ3) is 1.76. The molecule has 0 saturated heterocycles. The molecule has 3 heteroatoms. The quantitative estimate of drug-likeness (QED) is 0.895. The fourth-order valence-corrected chi connectivity index (χ4v) is 2.89. The Morgan fingerprint density at radius 1 is 1.26 bits per heavy atom. The molecule has 2 aromatic rings. The fraction of sp³-hybridized carbons (Fsp3) is 0.312. The van der Waals surface area contributed by atoms with E-state index in [0.717, 1.165) is 16.7 Å². The first-order valence-corrected chi connectivity index (χ1v) is 6.36. The van der Waals surface area contributed by atoms with Gasteiger partial charge >= 0.3 is 0 Å². The van der Waals surface area contributed by atoms with E-state index in [4.69, 9.17) is 4.42 Å². The van der Waals surface area contributed by atoms with Gasteiger partial charge in [0.1, 0.15) is 11.9 Å². The Kier molecular flexibility index (Phi) is 2.69. The topological polar surface area (TPSA) is 57.2 Å². The maximum absolute atomic E-state index is 10.6. The maximum atomic E-state index is 10.6. The summed E-state index contributed by atoms with van der Waals surface area (Å²) in [6, 6.07) is 12.1. The van der Waals surface area contributed by atoms with Crippen molar-refractivity contribution < 1.29 is 9.52 Å². The second-order valence-electron chi connectivity index (χ2n) is 5.26. The molecular weight excluding hydrogens is 238 g/mol. The van der Waals surface area contributed by atoms with Crippen LogP contribution in [0.5, 0.6) is 0 Å². The Balaban J connectivity index is 2.00. The van der Waals surface area contributed by atoms with Crippen molar-refractivity contribution in [3.8, 4) is 6.07 Å². The van der Waals surface area contributed by atoms with Gasteiger partial charge in [-0.25, -0.2) is 0 Å². The number of furan rings is 1. The van der Waals surface area contributed by atoms with E-state index in [1.54, 1.807) is 6.26 Å². The second-order valence-corrected chi connectivity index (χ2v) is 5.26. The number of nitrogens with zero attached hydrogens (tertiary/aromatic N) is 1.